The molecule has 2 aliphatic carbocycles. The fourth-order valence-electron chi connectivity index (χ4n) is 4.89. The molecule has 0 saturated heterocycles. The lowest BCUT2D eigenvalue weighted by molar-refractivity contribution is -0.151. The molecule has 0 amide bonds. The minimum Gasteiger partial charge on any atom is -0.496 e. The predicted molar refractivity (Wildman–Crippen MR) is 109 cm³/mol. The Hall–Kier alpha value is -2.02. The number of carbonyl (C=O) groups is 2. The van der Waals surface area contributed by atoms with Crippen LogP contribution in [-0.4, -0.2) is 49.1 Å². The van der Waals surface area contributed by atoms with Crippen LogP contribution in [0.2, 0.25) is 0 Å². The summed E-state index contributed by atoms with van der Waals surface area (Å²) in [6.45, 7) is 7.78. The fraction of sp³-hybridized carbons (Fsp3) is 0.739. The van der Waals surface area contributed by atoms with Gasteiger partial charge in [-0.15, -0.1) is 0 Å². The van der Waals surface area contributed by atoms with Crippen molar-refractivity contribution in [3.63, 3.8) is 0 Å². The summed E-state index contributed by atoms with van der Waals surface area (Å²) in [6, 6.07) is 0. The number of cyclic esters (lactones) is 1. The summed E-state index contributed by atoms with van der Waals surface area (Å²) in [6.07, 6.45) is 1.67. The topological polar surface area (TPSA) is 91.3 Å². The Morgan fingerprint density at radius 2 is 2.00 bits per heavy atom. The average molecular weight is 423 g/mol. The summed E-state index contributed by atoms with van der Waals surface area (Å²) in [5, 5.41) is 10.6. The quantitative estimate of drug-likeness (QED) is 0.680. The number of hydrogen-bond acceptors (Lipinski definition) is 7. The second kappa shape index (κ2) is 9.41. The maximum absolute atomic E-state index is 13.0. The van der Waals surface area contributed by atoms with Crippen molar-refractivity contribution in [2.45, 2.75) is 78.1 Å². The molecule has 7 heteroatoms. The summed E-state index contributed by atoms with van der Waals surface area (Å²) >= 11 is 0. The molecule has 168 valence electrons. The Balaban J connectivity index is 2.00. The van der Waals surface area contributed by atoms with E-state index in [0.717, 1.165) is 12.0 Å². The summed E-state index contributed by atoms with van der Waals surface area (Å²) < 4.78 is 23.1. The Kier molecular flexibility index (Phi) is 7.11. The van der Waals surface area contributed by atoms with Crippen LogP contribution in [0.4, 0.5) is 0 Å². The van der Waals surface area contributed by atoms with E-state index < -0.39 is 24.3 Å². The Morgan fingerprint density at radius 3 is 2.63 bits per heavy atom. The van der Waals surface area contributed by atoms with Crippen LogP contribution in [0.1, 0.15) is 59.8 Å². The zero-order valence-electron chi connectivity index (χ0n) is 18.6. The molecule has 1 saturated carbocycles. The van der Waals surface area contributed by atoms with Gasteiger partial charge in [-0.25, -0.2) is 4.79 Å². The average Bonchev–Trinajstić information content (AvgIpc) is 2.65. The second-order valence-corrected chi connectivity index (χ2v) is 9.17. The highest BCUT2D eigenvalue weighted by Crippen LogP contribution is 2.41. The summed E-state index contributed by atoms with van der Waals surface area (Å²) in [7, 11) is 1.50. The monoisotopic (exact) mass is 422 g/mol. The van der Waals surface area contributed by atoms with Crippen LogP contribution in [0.15, 0.2) is 22.7 Å². The minimum atomic E-state index is -0.601. The molecule has 0 aromatic heterocycles. The lowest BCUT2D eigenvalue weighted by atomic mass is 9.78. The third-order valence-electron chi connectivity index (χ3n) is 6.11. The maximum Gasteiger partial charge on any atom is 0.345 e. The van der Waals surface area contributed by atoms with Crippen LogP contribution in [0.25, 0.3) is 0 Å². The molecule has 3 aliphatic rings. The third-order valence-corrected chi connectivity index (χ3v) is 6.11. The van der Waals surface area contributed by atoms with Crippen molar-refractivity contribution < 1.29 is 33.6 Å². The number of esters is 2. The van der Waals surface area contributed by atoms with Crippen molar-refractivity contribution in [1.29, 1.82) is 0 Å². The van der Waals surface area contributed by atoms with Gasteiger partial charge < -0.3 is 24.1 Å². The summed E-state index contributed by atoms with van der Waals surface area (Å²) in [5.74, 6) is 0.604. The Bertz CT molecular complexity index is 736. The van der Waals surface area contributed by atoms with Gasteiger partial charge in [0, 0.05) is 24.8 Å². The predicted octanol–water partition coefficient (Wildman–Crippen LogP) is 3.26. The second-order valence-electron chi connectivity index (χ2n) is 9.17. The molecule has 1 fully saturated rings. The van der Waals surface area contributed by atoms with E-state index in [1.54, 1.807) is 0 Å². The van der Waals surface area contributed by atoms with Gasteiger partial charge in [0.1, 0.15) is 29.3 Å². The smallest absolute Gasteiger partial charge is 0.345 e. The molecule has 0 radical (unpaired) electrons. The van der Waals surface area contributed by atoms with Crippen molar-refractivity contribution >= 4 is 11.9 Å². The SMILES string of the molecule is COC1=C(C(CC(C)C)OC(C)=O)CCC2=C1C(=O)OCC1CC(C)CC(O)C1O2. The molecule has 3 rings (SSSR count). The van der Waals surface area contributed by atoms with E-state index in [9.17, 15) is 14.7 Å². The zero-order valence-corrected chi connectivity index (χ0v) is 18.6. The third kappa shape index (κ3) is 4.82. The molecular formula is C23H34O7. The van der Waals surface area contributed by atoms with E-state index >= 15 is 0 Å². The zero-order chi connectivity index (χ0) is 22.0. The van der Waals surface area contributed by atoms with Gasteiger partial charge in [0.2, 0.25) is 0 Å². The number of rotatable bonds is 5. The van der Waals surface area contributed by atoms with Crippen molar-refractivity contribution in [3.05, 3.63) is 22.7 Å². The maximum atomic E-state index is 13.0. The molecule has 0 bridgehead atoms. The molecule has 5 atom stereocenters. The lowest BCUT2D eigenvalue weighted by Gasteiger charge is -2.41. The van der Waals surface area contributed by atoms with Crippen molar-refractivity contribution in [2.24, 2.45) is 17.8 Å². The van der Waals surface area contributed by atoms with Crippen LogP contribution in [0.3, 0.4) is 0 Å². The first-order valence-electron chi connectivity index (χ1n) is 10.9. The number of ether oxygens (including phenoxy) is 4. The van der Waals surface area contributed by atoms with Crippen molar-refractivity contribution in [2.75, 3.05) is 13.7 Å². The number of allylic oxidation sites excluding steroid dienone is 1. The van der Waals surface area contributed by atoms with Crippen molar-refractivity contribution in [1.82, 2.24) is 0 Å². The number of methoxy groups -OCH3 is 1. The Morgan fingerprint density at radius 1 is 1.27 bits per heavy atom. The first-order valence-corrected chi connectivity index (χ1v) is 10.9. The van der Waals surface area contributed by atoms with E-state index in [4.69, 9.17) is 18.9 Å². The van der Waals surface area contributed by atoms with E-state index in [0.29, 0.717) is 43.1 Å². The number of hydrogen-bond donors (Lipinski definition) is 1. The first-order chi connectivity index (χ1) is 14.2. The van der Waals surface area contributed by atoms with Gasteiger partial charge in [0.15, 0.2) is 0 Å². The van der Waals surface area contributed by atoms with E-state index in [-0.39, 0.29) is 30.0 Å². The van der Waals surface area contributed by atoms with Crippen molar-refractivity contribution in [3.8, 4) is 0 Å². The van der Waals surface area contributed by atoms with Gasteiger partial charge in [-0.2, -0.15) is 0 Å². The standard InChI is InChI=1S/C23H34O7/c1-12(2)8-19(29-14(4)24)16-6-7-18-20(22(16)27-5)23(26)28-11-15-9-13(3)10-17(25)21(15)30-18/h12-13,15,17,19,21,25H,6-11H2,1-5H3. The fourth-order valence-corrected chi connectivity index (χ4v) is 4.89. The summed E-state index contributed by atoms with van der Waals surface area (Å²) in [4.78, 5) is 24.7. The first kappa shape index (κ1) is 22.7. The van der Waals surface area contributed by atoms with Crippen LogP contribution < -0.4 is 0 Å². The molecule has 1 heterocycles. The van der Waals surface area contributed by atoms with Crippen LogP contribution >= 0.6 is 0 Å². The lowest BCUT2D eigenvalue weighted by Crippen LogP contribution is -2.46. The molecule has 7 nitrogen and oxygen atoms in total. The van der Waals surface area contributed by atoms with Gasteiger partial charge >= 0.3 is 11.9 Å². The van der Waals surface area contributed by atoms with Gasteiger partial charge in [-0.1, -0.05) is 20.8 Å². The largest absolute Gasteiger partial charge is 0.496 e. The molecule has 0 aromatic rings. The molecule has 30 heavy (non-hydrogen) atoms. The number of aliphatic hydroxyl groups is 1. The Labute approximate surface area is 178 Å². The van der Waals surface area contributed by atoms with E-state index in [1.165, 1.54) is 14.0 Å². The minimum absolute atomic E-state index is 0.0344. The van der Waals surface area contributed by atoms with Crippen LogP contribution in [-0.2, 0) is 28.5 Å². The molecule has 0 spiro atoms. The van der Waals surface area contributed by atoms with E-state index in [1.807, 2.05) is 0 Å². The highest BCUT2D eigenvalue weighted by atomic mass is 16.6. The molecule has 0 aromatic carbocycles. The van der Waals surface area contributed by atoms with Crippen LogP contribution in [0.5, 0.6) is 0 Å². The number of aliphatic hydroxyl groups excluding tert-OH is 1. The molecular weight excluding hydrogens is 388 g/mol. The number of fused-ring (bicyclic) bond motifs is 1. The highest BCUT2D eigenvalue weighted by molar-refractivity contribution is 5.94. The molecule has 1 N–H and O–H groups in total. The van der Waals surface area contributed by atoms with E-state index in [2.05, 4.69) is 20.8 Å². The normalized spacial score (nSPS) is 30.4. The highest BCUT2D eigenvalue weighted by Gasteiger charge is 2.43. The summed E-state index contributed by atoms with van der Waals surface area (Å²) in [5.41, 5.74) is 1.03. The van der Waals surface area contributed by atoms with Gasteiger partial charge in [0.25, 0.3) is 0 Å². The molecule has 5 unspecified atom stereocenters. The molecule has 1 aliphatic heterocycles. The van der Waals surface area contributed by atoms with Gasteiger partial charge in [0.05, 0.1) is 19.8 Å². The van der Waals surface area contributed by atoms with Gasteiger partial charge in [-0.3, -0.25) is 4.79 Å². The number of carbonyl (C=O) groups excluding carboxylic acids is 2. The van der Waals surface area contributed by atoms with Gasteiger partial charge in [-0.05, 0) is 37.5 Å². The van der Waals surface area contributed by atoms with Crippen LogP contribution in [0, 0.1) is 17.8 Å².